The molecule has 2 rings (SSSR count). The van der Waals surface area contributed by atoms with Crippen molar-refractivity contribution < 1.29 is 22.7 Å². The number of likely N-dealkylation sites (N-methyl/N-ethyl adjacent to an activating group) is 1. The first-order valence-corrected chi connectivity index (χ1v) is 11.1. The van der Waals surface area contributed by atoms with Gasteiger partial charge in [0.15, 0.2) is 11.5 Å². The van der Waals surface area contributed by atoms with Gasteiger partial charge in [-0.3, -0.25) is 4.79 Å². The molecule has 2 aromatic carbocycles. The molecular weight excluding hydrogens is 404 g/mol. The van der Waals surface area contributed by atoms with Crippen molar-refractivity contribution in [1.82, 2.24) is 9.62 Å². The van der Waals surface area contributed by atoms with Gasteiger partial charge in [-0.05, 0) is 49.1 Å². The largest absolute Gasteiger partial charge is 0.493 e. The Morgan fingerprint density at radius 2 is 1.70 bits per heavy atom. The fraction of sp³-hybridized carbons (Fsp3) is 0.409. The average molecular weight is 435 g/mol. The van der Waals surface area contributed by atoms with E-state index in [2.05, 4.69) is 5.32 Å². The summed E-state index contributed by atoms with van der Waals surface area (Å²) in [4.78, 5) is 12.6. The molecule has 0 saturated heterocycles. The van der Waals surface area contributed by atoms with Gasteiger partial charge in [0.25, 0.3) is 0 Å². The molecule has 1 N–H and O–H groups in total. The quantitative estimate of drug-likeness (QED) is 0.655. The first-order chi connectivity index (χ1) is 14.1. The molecule has 2 aromatic rings. The zero-order valence-corrected chi connectivity index (χ0v) is 19.2. The lowest BCUT2D eigenvalue weighted by molar-refractivity contribution is -0.121. The number of sulfonamides is 1. The van der Waals surface area contributed by atoms with Gasteiger partial charge in [0, 0.05) is 13.1 Å². The van der Waals surface area contributed by atoms with E-state index in [1.807, 2.05) is 39.0 Å². The molecule has 30 heavy (non-hydrogen) atoms. The fourth-order valence-electron chi connectivity index (χ4n) is 3.09. The third-order valence-electron chi connectivity index (χ3n) is 5.11. The first-order valence-electron chi connectivity index (χ1n) is 9.68. The molecule has 1 amide bonds. The maximum Gasteiger partial charge on any atom is 0.243 e. The minimum Gasteiger partial charge on any atom is -0.493 e. The van der Waals surface area contributed by atoms with Crippen molar-refractivity contribution in [2.24, 2.45) is 0 Å². The highest BCUT2D eigenvalue weighted by Crippen LogP contribution is 2.30. The molecule has 1 atom stereocenters. The van der Waals surface area contributed by atoms with Crippen LogP contribution in [0.4, 0.5) is 0 Å². The van der Waals surface area contributed by atoms with Crippen LogP contribution in [0, 0.1) is 13.8 Å². The summed E-state index contributed by atoms with van der Waals surface area (Å²) in [6.07, 6.45) is 0.695. The number of nitrogens with zero attached hydrogens (tertiary/aromatic N) is 1. The summed E-state index contributed by atoms with van der Waals surface area (Å²) < 4.78 is 37.1. The normalized spacial score (nSPS) is 12.5. The van der Waals surface area contributed by atoms with Gasteiger partial charge >= 0.3 is 0 Å². The predicted octanol–water partition coefficient (Wildman–Crippen LogP) is 3.21. The van der Waals surface area contributed by atoms with Gasteiger partial charge in [-0.1, -0.05) is 25.1 Å². The summed E-state index contributed by atoms with van der Waals surface area (Å²) in [6, 6.07) is 10.2. The number of carbonyl (C=O) groups excluding carboxylic acids is 1. The summed E-state index contributed by atoms with van der Waals surface area (Å²) in [7, 11) is 0.411. The molecule has 164 valence electrons. The van der Waals surface area contributed by atoms with Gasteiger partial charge in [-0.15, -0.1) is 0 Å². The molecular formula is C22H30N2O5S. The van der Waals surface area contributed by atoms with E-state index < -0.39 is 10.0 Å². The standard InChI is InChI=1S/C22H30N2O5S/c1-7-19(17-9-8-15(2)16(3)12-17)23-22(25)14-24(4)30(26,27)18-10-11-20(28-5)21(13-18)29-6/h8-13,19H,7,14H2,1-6H3,(H,23,25)/t19-/m1/s1. The van der Waals surface area contributed by atoms with E-state index in [0.29, 0.717) is 17.9 Å². The Hall–Kier alpha value is -2.58. The summed E-state index contributed by atoms with van der Waals surface area (Å²) in [5.41, 5.74) is 3.33. The molecule has 0 spiro atoms. The van der Waals surface area contributed by atoms with Gasteiger partial charge in [-0.25, -0.2) is 8.42 Å². The van der Waals surface area contributed by atoms with Crippen molar-refractivity contribution in [1.29, 1.82) is 0 Å². The van der Waals surface area contributed by atoms with Crippen molar-refractivity contribution in [2.45, 2.75) is 38.1 Å². The molecule has 0 heterocycles. The molecule has 0 radical (unpaired) electrons. The van der Waals surface area contributed by atoms with Gasteiger partial charge in [0.05, 0.1) is 31.7 Å². The third-order valence-corrected chi connectivity index (χ3v) is 6.91. The number of hydrogen-bond acceptors (Lipinski definition) is 5. The Morgan fingerprint density at radius 3 is 2.27 bits per heavy atom. The Balaban J connectivity index is 2.14. The van der Waals surface area contributed by atoms with Crippen LogP contribution in [-0.2, 0) is 14.8 Å². The number of methoxy groups -OCH3 is 2. The Kier molecular flexibility index (Phi) is 7.86. The van der Waals surface area contributed by atoms with Crippen LogP contribution in [0.1, 0.15) is 36.1 Å². The summed E-state index contributed by atoms with van der Waals surface area (Å²) in [6.45, 7) is 5.74. The van der Waals surface area contributed by atoms with E-state index in [1.54, 1.807) is 0 Å². The van der Waals surface area contributed by atoms with Crippen LogP contribution in [-0.4, -0.2) is 46.4 Å². The van der Waals surface area contributed by atoms with Crippen LogP contribution >= 0.6 is 0 Å². The maximum atomic E-state index is 12.9. The van der Waals surface area contributed by atoms with Crippen molar-refractivity contribution in [3.63, 3.8) is 0 Å². The van der Waals surface area contributed by atoms with E-state index >= 15 is 0 Å². The van der Waals surface area contributed by atoms with Crippen molar-refractivity contribution in [3.8, 4) is 11.5 Å². The molecule has 0 saturated carbocycles. The summed E-state index contributed by atoms with van der Waals surface area (Å²) >= 11 is 0. The zero-order chi connectivity index (χ0) is 22.5. The topological polar surface area (TPSA) is 84.9 Å². The number of aryl methyl sites for hydroxylation is 2. The lowest BCUT2D eigenvalue weighted by Crippen LogP contribution is -2.39. The molecule has 0 bridgehead atoms. The minimum absolute atomic E-state index is 0.0247. The number of nitrogens with one attached hydrogen (secondary N) is 1. The number of rotatable bonds is 9. The highest BCUT2D eigenvalue weighted by molar-refractivity contribution is 7.89. The third kappa shape index (κ3) is 5.31. The maximum absolute atomic E-state index is 12.9. The molecule has 0 fully saturated rings. The van der Waals surface area contributed by atoms with Gasteiger partial charge in [-0.2, -0.15) is 4.31 Å². The van der Waals surface area contributed by atoms with Crippen molar-refractivity contribution in [3.05, 3.63) is 53.1 Å². The minimum atomic E-state index is -3.87. The van der Waals surface area contributed by atoms with Crippen LogP contribution in [0.2, 0.25) is 0 Å². The van der Waals surface area contributed by atoms with Gasteiger partial charge in [0.1, 0.15) is 0 Å². The average Bonchev–Trinajstić information content (AvgIpc) is 2.73. The van der Waals surface area contributed by atoms with Crippen molar-refractivity contribution in [2.75, 3.05) is 27.8 Å². The molecule has 8 heteroatoms. The Labute approximate surface area is 179 Å². The van der Waals surface area contributed by atoms with Gasteiger partial charge in [0.2, 0.25) is 15.9 Å². The first kappa shape index (κ1) is 23.7. The highest BCUT2D eigenvalue weighted by Gasteiger charge is 2.25. The molecule has 0 aliphatic carbocycles. The van der Waals surface area contributed by atoms with Crippen LogP contribution in [0.3, 0.4) is 0 Å². The molecule has 0 aliphatic rings. The summed E-state index contributed by atoms with van der Waals surface area (Å²) in [5, 5.41) is 2.94. The smallest absolute Gasteiger partial charge is 0.243 e. The number of hydrogen-bond donors (Lipinski definition) is 1. The number of ether oxygens (including phenoxy) is 2. The number of amides is 1. The SMILES string of the molecule is CC[C@@H](NC(=O)CN(C)S(=O)(=O)c1ccc(OC)c(OC)c1)c1ccc(C)c(C)c1. The van der Waals surface area contributed by atoms with E-state index in [1.165, 1.54) is 45.0 Å². The van der Waals surface area contributed by atoms with E-state index in [4.69, 9.17) is 9.47 Å². The van der Waals surface area contributed by atoms with E-state index in [-0.39, 0.29) is 23.4 Å². The second kappa shape index (κ2) is 9.95. The fourth-order valence-corrected chi connectivity index (χ4v) is 4.23. The lowest BCUT2D eigenvalue weighted by atomic mass is 9.99. The molecule has 0 aromatic heterocycles. The second-order valence-electron chi connectivity index (χ2n) is 7.15. The predicted molar refractivity (Wildman–Crippen MR) is 116 cm³/mol. The van der Waals surface area contributed by atoms with Gasteiger partial charge < -0.3 is 14.8 Å². The lowest BCUT2D eigenvalue weighted by Gasteiger charge is -2.22. The monoisotopic (exact) mass is 434 g/mol. The summed E-state index contributed by atoms with van der Waals surface area (Å²) in [5.74, 6) is 0.361. The Morgan fingerprint density at radius 1 is 1.03 bits per heavy atom. The number of benzene rings is 2. The highest BCUT2D eigenvalue weighted by atomic mass is 32.2. The van der Waals surface area contributed by atoms with Crippen LogP contribution in [0.5, 0.6) is 11.5 Å². The molecule has 0 unspecified atom stereocenters. The second-order valence-corrected chi connectivity index (χ2v) is 9.19. The van der Waals surface area contributed by atoms with Crippen LogP contribution < -0.4 is 14.8 Å². The molecule has 7 nitrogen and oxygen atoms in total. The number of carbonyl (C=O) groups is 1. The molecule has 0 aliphatic heterocycles. The van der Waals surface area contributed by atoms with E-state index in [9.17, 15) is 13.2 Å². The van der Waals surface area contributed by atoms with Crippen LogP contribution in [0.25, 0.3) is 0 Å². The van der Waals surface area contributed by atoms with Crippen molar-refractivity contribution >= 4 is 15.9 Å². The van der Waals surface area contributed by atoms with E-state index in [0.717, 1.165) is 15.4 Å². The Bertz CT molecular complexity index is 1000. The van der Waals surface area contributed by atoms with Crippen LogP contribution in [0.15, 0.2) is 41.3 Å². The zero-order valence-electron chi connectivity index (χ0n) is 18.4.